The second-order valence-corrected chi connectivity index (χ2v) is 6.74. The van der Waals surface area contributed by atoms with Crippen LogP contribution >= 0.6 is 0 Å². The van der Waals surface area contributed by atoms with Gasteiger partial charge in [-0.25, -0.2) is 0 Å². The van der Waals surface area contributed by atoms with Gasteiger partial charge in [-0.3, -0.25) is 14.6 Å². The largest absolute Gasteiger partial charge is 0.340 e. The third-order valence-electron chi connectivity index (χ3n) is 5.05. The quantitative estimate of drug-likeness (QED) is 0.911. The van der Waals surface area contributed by atoms with Crippen LogP contribution in [0, 0.1) is 6.92 Å². The van der Waals surface area contributed by atoms with Gasteiger partial charge in [-0.05, 0) is 24.5 Å². The monoisotopic (exact) mass is 341 g/mol. The van der Waals surface area contributed by atoms with Crippen LogP contribution in [0.5, 0.6) is 0 Å². The van der Waals surface area contributed by atoms with Crippen molar-refractivity contribution in [2.75, 3.05) is 31.5 Å². The molecule has 0 bridgehead atoms. The average Bonchev–Trinajstić information content (AvgIpc) is 2.94. The molecular formula is C18H23N5O2. The zero-order valence-corrected chi connectivity index (χ0v) is 14.4. The summed E-state index contributed by atoms with van der Waals surface area (Å²) in [4.78, 5) is 21.5. The SMILES string of the molecule is Cc1nc(CN2CCN([C@@H]3CCc4ccccc4NC3=O)CC2)no1. The predicted octanol–water partition coefficient (Wildman–Crippen LogP) is 1.45. The molecule has 4 rings (SSSR count). The number of anilines is 1. The van der Waals surface area contributed by atoms with E-state index in [1.807, 2.05) is 18.2 Å². The van der Waals surface area contributed by atoms with E-state index in [1.165, 1.54) is 5.56 Å². The molecule has 1 amide bonds. The number of nitrogens with zero attached hydrogens (tertiary/aromatic N) is 4. The van der Waals surface area contributed by atoms with Gasteiger partial charge in [0, 0.05) is 38.8 Å². The normalized spacial score (nSPS) is 22.3. The van der Waals surface area contributed by atoms with Crippen molar-refractivity contribution in [3.8, 4) is 0 Å². The lowest BCUT2D eigenvalue weighted by Crippen LogP contribution is -2.53. The number of para-hydroxylation sites is 1. The topological polar surface area (TPSA) is 74.5 Å². The molecule has 3 heterocycles. The Hall–Kier alpha value is -2.25. The summed E-state index contributed by atoms with van der Waals surface area (Å²) in [6.45, 7) is 6.08. The van der Waals surface area contributed by atoms with Gasteiger partial charge in [0.25, 0.3) is 0 Å². The second kappa shape index (κ2) is 6.93. The zero-order chi connectivity index (χ0) is 17.2. The molecule has 2 aliphatic rings. The van der Waals surface area contributed by atoms with Gasteiger partial charge >= 0.3 is 0 Å². The minimum atomic E-state index is -0.0537. The standard InChI is InChI=1S/C18H23N5O2/c1-13-19-17(21-25-13)12-22-8-10-23(11-9-22)16-7-6-14-4-2-3-5-15(14)20-18(16)24/h2-5,16H,6-12H2,1H3,(H,20,24)/t16-/m1/s1. The molecule has 2 aliphatic heterocycles. The van der Waals surface area contributed by atoms with E-state index in [9.17, 15) is 4.79 Å². The molecule has 1 atom stereocenters. The highest BCUT2D eigenvalue weighted by Crippen LogP contribution is 2.24. The number of aryl methyl sites for hydroxylation is 2. The van der Waals surface area contributed by atoms with Crippen LogP contribution in [0.15, 0.2) is 28.8 Å². The Bertz CT molecular complexity index is 751. The number of benzene rings is 1. The molecule has 0 saturated carbocycles. The number of piperazine rings is 1. The highest BCUT2D eigenvalue weighted by atomic mass is 16.5. The van der Waals surface area contributed by atoms with Crippen molar-refractivity contribution in [3.05, 3.63) is 41.5 Å². The highest BCUT2D eigenvalue weighted by molar-refractivity contribution is 5.96. The number of amides is 1. The molecular weight excluding hydrogens is 318 g/mol. The van der Waals surface area contributed by atoms with Gasteiger partial charge < -0.3 is 9.84 Å². The Balaban J connectivity index is 1.35. The molecule has 25 heavy (non-hydrogen) atoms. The van der Waals surface area contributed by atoms with Gasteiger partial charge in [0.2, 0.25) is 11.8 Å². The second-order valence-electron chi connectivity index (χ2n) is 6.74. The fraction of sp³-hybridized carbons (Fsp3) is 0.500. The van der Waals surface area contributed by atoms with Gasteiger partial charge in [-0.15, -0.1) is 0 Å². The van der Waals surface area contributed by atoms with E-state index in [2.05, 4.69) is 31.3 Å². The minimum absolute atomic E-state index is 0.0537. The number of hydrogen-bond acceptors (Lipinski definition) is 6. The van der Waals surface area contributed by atoms with E-state index in [1.54, 1.807) is 6.92 Å². The summed E-state index contributed by atoms with van der Waals surface area (Å²) in [5.41, 5.74) is 2.19. The van der Waals surface area contributed by atoms with Gasteiger partial charge in [-0.1, -0.05) is 23.4 Å². The van der Waals surface area contributed by atoms with Crippen LogP contribution in [-0.4, -0.2) is 58.1 Å². The van der Waals surface area contributed by atoms with Gasteiger partial charge in [-0.2, -0.15) is 4.98 Å². The molecule has 1 aromatic heterocycles. The first-order chi connectivity index (χ1) is 12.2. The van der Waals surface area contributed by atoms with E-state index in [-0.39, 0.29) is 11.9 Å². The summed E-state index contributed by atoms with van der Waals surface area (Å²) >= 11 is 0. The average molecular weight is 341 g/mol. The number of aromatic nitrogens is 2. The van der Waals surface area contributed by atoms with Crippen molar-refractivity contribution < 1.29 is 9.32 Å². The van der Waals surface area contributed by atoms with Gasteiger partial charge in [0.1, 0.15) is 0 Å². The number of fused-ring (bicyclic) bond motifs is 1. The Morgan fingerprint density at radius 1 is 1.24 bits per heavy atom. The third kappa shape index (κ3) is 3.57. The fourth-order valence-corrected chi connectivity index (χ4v) is 3.69. The number of carbonyl (C=O) groups is 1. The Morgan fingerprint density at radius 2 is 2.04 bits per heavy atom. The molecule has 1 aromatic carbocycles. The fourth-order valence-electron chi connectivity index (χ4n) is 3.69. The van der Waals surface area contributed by atoms with E-state index < -0.39 is 0 Å². The first-order valence-corrected chi connectivity index (χ1v) is 8.83. The minimum Gasteiger partial charge on any atom is -0.340 e. The molecule has 0 radical (unpaired) electrons. The van der Waals surface area contributed by atoms with E-state index in [0.29, 0.717) is 12.4 Å². The van der Waals surface area contributed by atoms with Gasteiger partial charge in [0.15, 0.2) is 5.82 Å². The maximum Gasteiger partial charge on any atom is 0.241 e. The number of carbonyl (C=O) groups excluding carboxylic acids is 1. The van der Waals surface area contributed by atoms with Crippen molar-refractivity contribution >= 4 is 11.6 Å². The maximum atomic E-state index is 12.7. The molecule has 0 aliphatic carbocycles. The van der Waals surface area contributed by atoms with Crippen LogP contribution in [0.4, 0.5) is 5.69 Å². The summed E-state index contributed by atoms with van der Waals surface area (Å²) in [5, 5.41) is 7.06. The molecule has 132 valence electrons. The van der Waals surface area contributed by atoms with E-state index in [0.717, 1.165) is 50.5 Å². The molecule has 1 fully saturated rings. The predicted molar refractivity (Wildman–Crippen MR) is 93.1 cm³/mol. The summed E-state index contributed by atoms with van der Waals surface area (Å²) in [7, 11) is 0. The zero-order valence-electron chi connectivity index (χ0n) is 14.4. The Kier molecular flexibility index (Phi) is 4.50. The van der Waals surface area contributed by atoms with Crippen LogP contribution in [0.25, 0.3) is 0 Å². The van der Waals surface area contributed by atoms with E-state index >= 15 is 0 Å². The summed E-state index contributed by atoms with van der Waals surface area (Å²) in [6.07, 6.45) is 1.80. The van der Waals surface area contributed by atoms with Crippen LogP contribution in [0.3, 0.4) is 0 Å². The first-order valence-electron chi connectivity index (χ1n) is 8.83. The smallest absolute Gasteiger partial charge is 0.241 e. The summed E-state index contributed by atoms with van der Waals surface area (Å²) in [5.74, 6) is 1.45. The number of nitrogens with one attached hydrogen (secondary N) is 1. The third-order valence-corrected chi connectivity index (χ3v) is 5.05. The van der Waals surface area contributed by atoms with Crippen LogP contribution in [-0.2, 0) is 17.8 Å². The van der Waals surface area contributed by atoms with E-state index in [4.69, 9.17) is 4.52 Å². The van der Waals surface area contributed by atoms with Crippen LogP contribution < -0.4 is 5.32 Å². The number of hydrogen-bond donors (Lipinski definition) is 1. The van der Waals surface area contributed by atoms with Crippen molar-refractivity contribution in [2.45, 2.75) is 32.4 Å². The molecule has 1 N–H and O–H groups in total. The highest BCUT2D eigenvalue weighted by Gasteiger charge is 2.31. The summed E-state index contributed by atoms with van der Waals surface area (Å²) in [6, 6.07) is 8.03. The lowest BCUT2D eigenvalue weighted by Gasteiger charge is -2.37. The Labute approximate surface area is 147 Å². The Morgan fingerprint density at radius 3 is 2.80 bits per heavy atom. The van der Waals surface area contributed by atoms with Gasteiger partial charge in [0.05, 0.1) is 12.6 Å². The van der Waals surface area contributed by atoms with Crippen LogP contribution in [0.1, 0.15) is 23.7 Å². The van der Waals surface area contributed by atoms with Crippen molar-refractivity contribution in [1.82, 2.24) is 19.9 Å². The number of rotatable bonds is 3. The van der Waals surface area contributed by atoms with Crippen molar-refractivity contribution in [1.29, 1.82) is 0 Å². The molecule has 7 heteroatoms. The summed E-state index contributed by atoms with van der Waals surface area (Å²) < 4.78 is 5.03. The molecule has 0 unspecified atom stereocenters. The molecule has 0 spiro atoms. The molecule has 7 nitrogen and oxygen atoms in total. The van der Waals surface area contributed by atoms with Crippen molar-refractivity contribution in [3.63, 3.8) is 0 Å². The maximum absolute atomic E-state index is 12.7. The van der Waals surface area contributed by atoms with Crippen molar-refractivity contribution in [2.24, 2.45) is 0 Å². The first kappa shape index (κ1) is 16.2. The molecule has 1 saturated heterocycles. The van der Waals surface area contributed by atoms with Crippen LogP contribution in [0.2, 0.25) is 0 Å². The lowest BCUT2D eigenvalue weighted by molar-refractivity contribution is -0.122. The molecule has 2 aromatic rings. The lowest BCUT2D eigenvalue weighted by atomic mass is 10.0.